The van der Waals surface area contributed by atoms with E-state index in [1.54, 1.807) is 0 Å². The minimum Gasteiger partial charge on any atom is -0.465 e. The van der Waals surface area contributed by atoms with Crippen molar-refractivity contribution in [2.75, 3.05) is 26.9 Å². The molecule has 0 aliphatic carbocycles. The van der Waals surface area contributed by atoms with Crippen LogP contribution < -0.4 is 5.32 Å². The van der Waals surface area contributed by atoms with Crippen LogP contribution in [-0.2, 0) is 9.53 Å². The summed E-state index contributed by atoms with van der Waals surface area (Å²) in [6.45, 7) is 4.70. The van der Waals surface area contributed by atoms with Crippen LogP contribution in [0.15, 0.2) is 0 Å². The molecule has 4 heteroatoms. The lowest BCUT2D eigenvalue weighted by atomic mass is 9.87. The number of hydrogen-bond donors (Lipinski definition) is 1. The first-order chi connectivity index (χ1) is 7.22. The maximum Gasteiger partial charge on any atom is 0.309 e. The molecule has 2 heterocycles. The molecule has 4 nitrogen and oxygen atoms in total. The fraction of sp³-hybridized carbons (Fsp3) is 0.909. The highest BCUT2D eigenvalue weighted by molar-refractivity contribution is 5.74. The zero-order chi connectivity index (χ0) is 10.8. The number of cyclic esters (lactones) is 1. The summed E-state index contributed by atoms with van der Waals surface area (Å²) in [6, 6.07) is 0.568. The van der Waals surface area contributed by atoms with Crippen molar-refractivity contribution in [2.24, 2.45) is 11.8 Å². The van der Waals surface area contributed by atoms with E-state index >= 15 is 0 Å². The van der Waals surface area contributed by atoms with Gasteiger partial charge >= 0.3 is 5.97 Å². The molecule has 3 atom stereocenters. The van der Waals surface area contributed by atoms with Gasteiger partial charge in [-0.1, -0.05) is 6.92 Å². The Kier molecular flexibility index (Phi) is 3.26. The summed E-state index contributed by atoms with van der Waals surface area (Å²) in [7, 11) is 2.13. The van der Waals surface area contributed by atoms with Gasteiger partial charge in [-0.3, -0.25) is 9.69 Å². The van der Waals surface area contributed by atoms with Gasteiger partial charge in [0.2, 0.25) is 0 Å². The van der Waals surface area contributed by atoms with Crippen LogP contribution in [0.2, 0.25) is 0 Å². The lowest BCUT2D eigenvalue weighted by molar-refractivity contribution is -0.141. The van der Waals surface area contributed by atoms with E-state index in [1.807, 2.05) is 0 Å². The molecular weight excluding hydrogens is 192 g/mol. The molecule has 86 valence electrons. The summed E-state index contributed by atoms with van der Waals surface area (Å²) in [6.07, 6.45) is 1.99. The minimum absolute atomic E-state index is 0.0103. The summed E-state index contributed by atoms with van der Waals surface area (Å²) in [5, 5.41) is 3.34. The number of esters is 1. The van der Waals surface area contributed by atoms with E-state index < -0.39 is 0 Å². The summed E-state index contributed by atoms with van der Waals surface area (Å²) in [5.74, 6) is 0.574. The SMILES string of the molecule is CCC1C(=O)OCC1CC1CNCN1C. The number of hydrogen-bond acceptors (Lipinski definition) is 4. The van der Waals surface area contributed by atoms with Crippen molar-refractivity contribution >= 4 is 5.97 Å². The van der Waals surface area contributed by atoms with Gasteiger partial charge in [0, 0.05) is 25.2 Å². The minimum atomic E-state index is 0.0103. The molecule has 0 amide bonds. The Morgan fingerprint density at radius 3 is 3.00 bits per heavy atom. The molecule has 3 unspecified atom stereocenters. The van der Waals surface area contributed by atoms with Gasteiger partial charge in [-0.15, -0.1) is 0 Å². The molecule has 15 heavy (non-hydrogen) atoms. The van der Waals surface area contributed by atoms with Gasteiger partial charge in [0.25, 0.3) is 0 Å². The number of carbonyl (C=O) groups excluding carboxylic acids is 1. The van der Waals surface area contributed by atoms with E-state index in [2.05, 4.69) is 24.2 Å². The van der Waals surface area contributed by atoms with Crippen LogP contribution in [0.25, 0.3) is 0 Å². The quantitative estimate of drug-likeness (QED) is 0.689. The highest BCUT2D eigenvalue weighted by Gasteiger charge is 2.37. The van der Waals surface area contributed by atoms with Crippen LogP contribution in [0, 0.1) is 11.8 Å². The first-order valence-corrected chi connectivity index (χ1v) is 5.80. The Morgan fingerprint density at radius 1 is 1.60 bits per heavy atom. The molecule has 0 aromatic heterocycles. The zero-order valence-corrected chi connectivity index (χ0v) is 9.53. The van der Waals surface area contributed by atoms with Gasteiger partial charge in [-0.25, -0.2) is 0 Å². The van der Waals surface area contributed by atoms with Gasteiger partial charge in [0.15, 0.2) is 0 Å². The lowest BCUT2D eigenvalue weighted by Crippen LogP contribution is -2.31. The second kappa shape index (κ2) is 4.49. The molecule has 0 bridgehead atoms. The van der Waals surface area contributed by atoms with Crippen LogP contribution in [-0.4, -0.2) is 43.8 Å². The van der Waals surface area contributed by atoms with Crippen molar-refractivity contribution in [3.8, 4) is 0 Å². The Bertz CT molecular complexity index is 245. The fourth-order valence-electron chi connectivity index (χ4n) is 2.64. The number of rotatable bonds is 3. The van der Waals surface area contributed by atoms with Gasteiger partial charge < -0.3 is 10.1 Å². The Balaban J connectivity index is 1.91. The highest BCUT2D eigenvalue weighted by atomic mass is 16.5. The molecule has 2 aliphatic rings. The van der Waals surface area contributed by atoms with Crippen LogP contribution in [0.1, 0.15) is 19.8 Å². The predicted octanol–water partition coefficient (Wildman–Crippen LogP) is 0.437. The standard InChI is InChI=1S/C11H20N2O2/c1-3-10-8(6-15-11(10)14)4-9-5-12-7-13(9)2/h8-10,12H,3-7H2,1-2H3. The number of ether oxygens (including phenoxy) is 1. The average Bonchev–Trinajstić information content (AvgIpc) is 2.76. The Hall–Kier alpha value is -0.610. The number of carbonyl (C=O) groups is 1. The molecule has 1 N–H and O–H groups in total. The van der Waals surface area contributed by atoms with Crippen LogP contribution in [0.4, 0.5) is 0 Å². The number of nitrogens with zero attached hydrogens (tertiary/aromatic N) is 1. The van der Waals surface area contributed by atoms with E-state index in [9.17, 15) is 4.79 Å². The van der Waals surface area contributed by atoms with Crippen LogP contribution in [0.5, 0.6) is 0 Å². The average molecular weight is 212 g/mol. The highest BCUT2D eigenvalue weighted by Crippen LogP contribution is 2.30. The molecule has 0 saturated carbocycles. The first-order valence-electron chi connectivity index (χ1n) is 5.80. The summed E-state index contributed by atoms with van der Waals surface area (Å²) >= 11 is 0. The van der Waals surface area contributed by atoms with Crippen molar-refractivity contribution in [3.63, 3.8) is 0 Å². The maximum absolute atomic E-state index is 11.4. The molecule has 2 rings (SSSR count). The third-order valence-corrected chi connectivity index (χ3v) is 3.69. The molecule has 0 spiro atoms. The molecule has 0 aromatic carbocycles. The molecule has 0 radical (unpaired) electrons. The summed E-state index contributed by atoms with van der Waals surface area (Å²) in [5.41, 5.74) is 0. The van der Waals surface area contributed by atoms with Crippen LogP contribution in [0.3, 0.4) is 0 Å². The molecular formula is C11H20N2O2. The van der Waals surface area contributed by atoms with E-state index in [0.717, 1.165) is 26.1 Å². The predicted molar refractivity (Wildman–Crippen MR) is 57.3 cm³/mol. The van der Waals surface area contributed by atoms with Crippen molar-refractivity contribution < 1.29 is 9.53 Å². The summed E-state index contributed by atoms with van der Waals surface area (Å²) < 4.78 is 5.14. The summed E-state index contributed by atoms with van der Waals surface area (Å²) in [4.78, 5) is 13.7. The van der Waals surface area contributed by atoms with E-state index in [0.29, 0.717) is 18.6 Å². The van der Waals surface area contributed by atoms with Crippen molar-refractivity contribution in [1.82, 2.24) is 10.2 Å². The molecule has 2 aliphatic heterocycles. The van der Waals surface area contributed by atoms with Gasteiger partial charge in [-0.05, 0) is 19.9 Å². The molecule has 0 aromatic rings. The molecule has 2 saturated heterocycles. The first kappa shape index (κ1) is 10.9. The van der Waals surface area contributed by atoms with Gasteiger partial charge in [0.1, 0.15) is 0 Å². The maximum atomic E-state index is 11.4. The largest absolute Gasteiger partial charge is 0.465 e. The molecule has 2 fully saturated rings. The second-order valence-electron chi connectivity index (χ2n) is 4.66. The van der Waals surface area contributed by atoms with Crippen molar-refractivity contribution in [1.29, 1.82) is 0 Å². The van der Waals surface area contributed by atoms with Crippen molar-refractivity contribution in [3.05, 3.63) is 0 Å². The number of nitrogens with one attached hydrogen (secondary N) is 1. The second-order valence-corrected chi connectivity index (χ2v) is 4.66. The topological polar surface area (TPSA) is 41.6 Å². The smallest absolute Gasteiger partial charge is 0.309 e. The zero-order valence-electron chi connectivity index (χ0n) is 9.53. The number of likely N-dealkylation sites (N-methyl/N-ethyl adjacent to an activating group) is 1. The normalized spacial score (nSPS) is 37.2. The van der Waals surface area contributed by atoms with Crippen molar-refractivity contribution in [2.45, 2.75) is 25.8 Å². The van der Waals surface area contributed by atoms with Gasteiger partial charge in [0.05, 0.1) is 12.5 Å². The van der Waals surface area contributed by atoms with Gasteiger partial charge in [-0.2, -0.15) is 0 Å². The fourth-order valence-corrected chi connectivity index (χ4v) is 2.64. The third-order valence-electron chi connectivity index (χ3n) is 3.69. The van der Waals surface area contributed by atoms with Crippen LogP contribution >= 0.6 is 0 Å². The van der Waals surface area contributed by atoms with E-state index in [4.69, 9.17) is 4.74 Å². The lowest BCUT2D eigenvalue weighted by Gasteiger charge is -2.22. The van der Waals surface area contributed by atoms with E-state index in [1.165, 1.54) is 0 Å². The monoisotopic (exact) mass is 212 g/mol. The third kappa shape index (κ3) is 2.16. The van der Waals surface area contributed by atoms with E-state index in [-0.39, 0.29) is 11.9 Å². The Morgan fingerprint density at radius 2 is 2.40 bits per heavy atom. The Labute approximate surface area is 91.0 Å².